The highest BCUT2D eigenvalue weighted by Gasteiger charge is 2.30. The number of imidazole rings is 1. The Morgan fingerprint density at radius 3 is 2.66 bits per heavy atom. The molecule has 150 valence electrons. The number of para-hydroxylation sites is 2. The molecule has 0 N–H and O–H groups in total. The third kappa shape index (κ3) is 3.91. The van der Waals surface area contributed by atoms with Crippen LogP contribution in [0.1, 0.15) is 35.1 Å². The minimum absolute atomic E-state index is 0.0337. The lowest BCUT2D eigenvalue weighted by molar-refractivity contribution is 0.0688. The average Bonchev–Trinajstić information content (AvgIpc) is 3.20. The number of methoxy groups -OCH3 is 1. The van der Waals surface area contributed by atoms with Gasteiger partial charge in [-0.3, -0.25) is 9.78 Å². The van der Waals surface area contributed by atoms with Gasteiger partial charge in [0.2, 0.25) is 5.88 Å². The van der Waals surface area contributed by atoms with Crippen LogP contribution in [0.25, 0.3) is 0 Å². The van der Waals surface area contributed by atoms with Crippen molar-refractivity contribution in [2.24, 2.45) is 7.05 Å². The van der Waals surface area contributed by atoms with E-state index in [-0.39, 0.29) is 11.8 Å². The van der Waals surface area contributed by atoms with Crippen LogP contribution in [0.3, 0.4) is 0 Å². The largest absolute Gasteiger partial charge is 0.493 e. The number of aryl methyl sites for hydroxylation is 1. The molecule has 1 saturated heterocycles. The van der Waals surface area contributed by atoms with E-state index >= 15 is 0 Å². The summed E-state index contributed by atoms with van der Waals surface area (Å²) < 4.78 is 13.2. The maximum Gasteiger partial charge on any atom is 0.289 e. The quantitative estimate of drug-likeness (QED) is 0.663. The Labute approximate surface area is 169 Å². The molecule has 1 amide bonds. The second-order valence-electron chi connectivity index (χ2n) is 6.95. The standard InChI is InChI=1S/C21H23N5O3/c1-25-13-11-23-19(25)21(27)26-12-5-6-15(14-26)18-20(24-10-9-22-18)29-17-8-4-3-7-16(17)28-2/h3-4,7-11,13,15H,5-6,12,14H2,1-2H3/t15-/m0/s1. The zero-order valence-corrected chi connectivity index (χ0v) is 16.5. The van der Waals surface area contributed by atoms with Crippen LogP contribution in [0.4, 0.5) is 0 Å². The van der Waals surface area contributed by atoms with E-state index < -0.39 is 0 Å². The number of carbonyl (C=O) groups excluding carboxylic acids is 1. The number of piperidine rings is 1. The summed E-state index contributed by atoms with van der Waals surface area (Å²) in [5.41, 5.74) is 0.746. The van der Waals surface area contributed by atoms with Crippen molar-refractivity contribution in [3.05, 3.63) is 60.6 Å². The van der Waals surface area contributed by atoms with Crippen molar-refractivity contribution < 1.29 is 14.3 Å². The molecule has 0 spiro atoms. The second kappa shape index (κ2) is 8.30. The summed E-state index contributed by atoms with van der Waals surface area (Å²) in [6, 6.07) is 7.42. The summed E-state index contributed by atoms with van der Waals surface area (Å²) in [6.07, 6.45) is 8.46. The number of carbonyl (C=O) groups is 1. The molecule has 0 radical (unpaired) electrons. The van der Waals surface area contributed by atoms with E-state index in [0.717, 1.165) is 18.5 Å². The fourth-order valence-electron chi connectivity index (χ4n) is 3.60. The smallest absolute Gasteiger partial charge is 0.289 e. The summed E-state index contributed by atoms with van der Waals surface area (Å²) in [7, 11) is 3.42. The first-order valence-corrected chi connectivity index (χ1v) is 9.55. The summed E-state index contributed by atoms with van der Waals surface area (Å²) in [4.78, 5) is 27.8. The van der Waals surface area contributed by atoms with Crippen molar-refractivity contribution in [2.75, 3.05) is 20.2 Å². The Balaban J connectivity index is 1.57. The number of aromatic nitrogens is 4. The third-order valence-electron chi connectivity index (χ3n) is 5.07. The fourth-order valence-corrected chi connectivity index (χ4v) is 3.60. The van der Waals surface area contributed by atoms with Gasteiger partial charge in [0.1, 0.15) is 5.69 Å². The van der Waals surface area contributed by atoms with Gasteiger partial charge in [-0.05, 0) is 25.0 Å². The van der Waals surface area contributed by atoms with Gasteiger partial charge in [0.25, 0.3) is 5.91 Å². The first kappa shape index (κ1) is 18.9. The topological polar surface area (TPSA) is 82.4 Å². The molecule has 1 atom stereocenters. The highest BCUT2D eigenvalue weighted by molar-refractivity contribution is 5.90. The van der Waals surface area contributed by atoms with Gasteiger partial charge in [-0.1, -0.05) is 12.1 Å². The molecule has 0 saturated carbocycles. The lowest BCUT2D eigenvalue weighted by Crippen LogP contribution is -2.40. The van der Waals surface area contributed by atoms with E-state index in [9.17, 15) is 4.79 Å². The molecule has 4 rings (SSSR count). The minimum atomic E-state index is -0.0710. The van der Waals surface area contributed by atoms with Crippen LogP contribution < -0.4 is 9.47 Å². The number of hydrogen-bond donors (Lipinski definition) is 0. The Morgan fingerprint density at radius 2 is 1.90 bits per heavy atom. The molecule has 2 aromatic heterocycles. The van der Waals surface area contributed by atoms with Crippen molar-refractivity contribution in [3.63, 3.8) is 0 Å². The van der Waals surface area contributed by atoms with Gasteiger partial charge in [-0.25, -0.2) is 9.97 Å². The lowest BCUT2D eigenvalue weighted by Gasteiger charge is -2.32. The molecule has 29 heavy (non-hydrogen) atoms. The van der Waals surface area contributed by atoms with E-state index in [1.807, 2.05) is 36.2 Å². The Hall–Kier alpha value is -3.42. The van der Waals surface area contributed by atoms with Gasteiger partial charge in [0.15, 0.2) is 17.3 Å². The highest BCUT2D eigenvalue weighted by atomic mass is 16.5. The number of nitrogens with zero attached hydrogens (tertiary/aromatic N) is 5. The molecule has 3 heterocycles. The van der Waals surface area contributed by atoms with Crippen molar-refractivity contribution in [2.45, 2.75) is 18.8 Å². The van der Waals surface area contributed by atoms with Crippen LogP contribution in [0.15, 0.2) is 49.1 Å². The zero-order chi connectivity index (χ0) is 20.2. The number of hydrogen-bond acceptors (Lipinski definition) is 6. The number of ether oxygens (including phenoxy) is 2. The van der Waals surface area contributed by atoms with Crippen LogP contribution >= 0.6 is 0 Å². The maximum absolute atomic E-state index is 12.9. The first-order chi connectivity index (χ1) is 14.2. The van der Waals surface area contributed by atoms with E-state index in [0.29, 0.717) is 36.3 Å². The maximum atomic E-state index is 12.9. The Morgan fingerprint density at radius 1 is 1.10 bits per heavy atom. The van der Waals surface area contributed by atoms with Crippen LogP contribution in [0, 0.1) is 0 Å². The fraction of sp³-hybridized carbons (Fsp3) is 0.333. The normalized spacial score (nSPS) is 16.5. The van der Waals surface area contributed by atoms with Crippen molar-refractivity contribution >= 4 is 5.91 Å². The predicted octanol–water partition coefficient (Wildman–Crippen LogP) is 3.03. The molecule has 3 aromatic rings. The lowest BCUT2D eigenvalue weighted by atomic mass is 9.94. The summed E-state index contributed by atoms with van der Waals surface area (Å²) in [5.74, 6) is 2.04. The number of benzene rings is 1. The van der Waals surface area contributed by atoms with E-state index in [4.69, 9.17) is 9.47 Å². The van der Waals surface area contributed by atoms with E-state index in [1.165, 1.54) is 0 Å². The number of amides is 1. The van der Waals surface area contributed by atoms with Crippen LogP contribution in [-0.2, 0) is 7.05 Å². The molecular weight excluding hydrogens is 370 g/mol. The van der Waals surface area contributed by atoms with Gasteiger partial charge in [0.05, 0.1) is 7.11 Å². The van der Waals surface area contributed by atoms with Crippen molar-refractivity contribution in [3.8, 4) is 17.4 Å². The molecule has 1 aliphatic heterocycles. The van der Waals surface area contributed by atoms with Crippen LogP contribution in [-0.4, -0.2) is 50.5 Å². The van der Waals surface area contributed by atoms with E-state index in [2.05, 4.69) is 15.0 Å². The molecule has 8 heteroatoms. The van der Waals surface area contributed by atoms with Gasteiger partial charge in [0, 0.05) is 50.8 Å². The zero-order valence-electron chi connectivity index (χ0n) is 16.5. The van der Waals surface area contributed by atoms with Crippen molar-refractivity contribution in [1.82, 2.24) is 24.4 Å². The van der Waals surface area contributed by atoms with Crippen LogP contribution in [0.2, 0.25) is 0 Å². The van der Waals surface area contributed by atoms with Gasteiger partial charge >= 0.3 is 0 Å². The average molecular weight is 393 g/mol. The molecular formula is C21H23N5O3. The van der Waals surface area contributed by atoms with Crippen LogP contribution in [0.5, 0.6) is 17.4 Å². The Bertz CT molecular complexity index is 1000. The predicted molar refractivity (Wildman–Crippen MR) is 106 cm³/mol. The summed E-state index contributed by atoms with van der Waals surface area (Å²) in [6.45, 7) is 1.25. The van der Waals surface area contributed by atoms with Gasteiger partial charge < -0.3 is 18.9 Å². The third-order valence-corrected chi connectivity index (χ3v) is 5.07. The minimum Gasteiger partial charge on any atom is -0.493 e. The molecule has 0 aliphatic carbocycles. The molecule has 1 aliphatic rings. The molecule has 1 fully saturated rings. The number of rotatable bonds is 5. The molecule has 8 nitrogen and oxygen atoms in total. The monoisotopic (exact) mass is 393 g/mol. The van der Waals surface area contributed by atoms with Gasteiger partial charge in [-0.2, -0.15) is 0 Å². The molecule has 0 bridgehead atoms. The molecule has 0 unspecified atom stereocenters. The van der Waals surface area contributed by atoms with Crippen molar-refractivity contribution in [1.29, 1.82) is 0 Å². The first-order valence-electron chi connectivity index (χ1n) is 9.55. The van der Waals surface area contributed by atoms with E-state index in [1.54, 1.807) is 36.5 Å². The summed E-state index contributed by atoms with van der Waals surface area (Å²) in [5, 5.41) is 0. The Kier molecular flexibility index (Phi) is 5.41. The number of likely N-dealkylation sites (tertiary alicyclic amines) is 1. The SMILES string of the molecule is COc1ccccc1Oc1nccnc1[C@H]1CCCN(C(=O)c2nccn2C)C1. The van der Waals surface area contributed by atoms with Gasteiger partial charge in [-0.15, -0.1) is 0 Å². The molecule has 1 aromatic carbocycles. The summed E-state index contributed by atoms with van der Waals surface area (Å²) >= 11 is 0. The second-order valence-corrected chi connectivity index (χ2v) is 6.95. The highest BCUT2D eigenvalue weighted by Crippen LogP contribution is 2.35.